The van der Waals surface area contributed by atoms with Gasteiger partial charge in [0.2, 0.25) is 0 Å². The molecule has 1 saturated heterocycles. The molecule has 0 bridgehead atoms. The Hall–Kier alpha value is -3.63. The fourth-order valence-corrected chi connectivity index (χ4v) is 5.05. The predicted octanol–water partition coefficient (Wildman–Crippen LogP) is 4.69. The number of carbonyl (C=O) groups excluding carboxylic acids is 4. The zero-order valence-corrected chi connectivity index (χ0v) is 24.6. The van der Waals surface area contributed by atoms with Gasteiger partial charge in [-0.25, -0.2) is 0 Å². The highest BCUT2D eigenvalue weighted by Crippen LogP contribution is 2.40. The Morgan fingerprint density at radius 1 is 0.829 bits per heavy atom. The first-order valence-electron chi connectivity index (χ1n) is 13.2. The van der Waals surface area contributed by atoms with E-state index in [4.69, 9.17) is 40.0 Å². The number of hydrogen-bond acceptors (Lipinski definition) is 10. The maximum Gasteiger partial charge on any atom is 0.303 e. The molecular weight excluding hydrogens is 556 g/mol. The fourth-order valence-electron chi connectivity index (χ4n) is 4.77. The first kappa shape index (κ1) is 31.9. The van der Waals surface area contributed by atoms with Gasteiger partial charge >= 0.3 is 23.9 Å². The molecule has 0 N–H and O–H groups in total. The molecule has 0 aliphatic carbocycles. The molecule has 3 rings (SSSR count). The molecule has 1 heterocycles. The van der Waals surface area contributed by atoms with E-state index >= 15 is 0 Å². The largest absolute Gasteiger partial charge is 0.494 e. The van der Waals surface area contributed by atoms with E-state index in [0.29, 0.717) is 17.2 Å². The van der Waals surface area contributed by atoms with E-state index in [0.717, 1.165) is 16.9 Å². The second-order valence-corrected chi connectivity index (χ2v) is 10.0. The number of ether oxygens (including phenoxy) is 6. The van der Waals surface area contributed by atoms with E-state index in [1.807, 2.05) is 44.2 Å². The Morgan fingerprint density at radius 3 is 1.98 bits per heavy atom. The van der Waals surface area contributed by atoms with Crippen molar-refractivity contribution in [1.82, 2.24) is 0 Å². The second-order valence-electron chi connectivity index (χ2n) is 9.62. The summed E-state index contributed by atoms with van der Waals surface area (Å²) in [5, 5.41) is 0.501. The summed E-state index contributed by atoms with van der Waals surface area (Å²) in [6, 6.07) is 12.9. The quantitative estimate of drug-likeness (QED) is 0.284. The third-order valence-corrected chi connectivity index (χ3v) is 6.84. The molecule has 11 heteroatoms. The predicted molar refractivity (Wildman–Crippen MR) is 147 cm³/mol. The van der Waals surface area contributed by atoms with Gasteiger partial charge in [0.15, 0.2) is 18.3 Å². The van der Waals surface area contributed by atoms with Gasteiger partial charge in [0.05, 0.1) is 6.61 Å². The van der Waals surface area contributed by atoms with Gasteiger partial charge in [-0.3, -0.25) is 19.2 Å². The van der Waals surface area contributed by atoms with Crippen molar-refractivity contribution in [3.05, 3.63) is 64.2 Å². The normalized spacial score (nSPS) is 22.7. The standard InChI is InChI=1S/C30H35ClO10/c1-7-36-23-11-8-21(9-12-23)16(2)24-14-22(10-13-25(24)31)27-29(39-19(5)34)30(40-20(6)35)28(38-18(4)33)26(41-27)15-37-17(3)32/h8-14,16,26-30H,7,15H2,1-6H3/t16?,26-,27+,28-,29+,30+/m1/s1. The van der Waals surface area contributed by atoms with Crippen molar-refractivity contribution in [1.29, 1.82) is 0 Å². The molecule has 1 aliphatic heterocycles. The Bertz CT molecular complexity index is 1240. The minimum absolute atomic E-state index is 0.149. The number of hydrogen-bond donors (Lipinski definition) is 0. The van der Waals surface area contributed by atoms with Crippen LogP contribution in [0, 0.1) is 0 Å². The van der Waals surface area contributed by atoms with Gasteiger partial charge in [0.25, 0.3) is 0 Å². The van der Waals surface area contributed by atoms with E-state index in [-0.39, 0.29) is 12.5 Å². The molecule has 41 heavy (non-hydrogen) atoms. The van der Waals surface area contributed by atoms with E-state index in [9.17, 15) is 19.2 Å². The summed E-state index contributed by atoms with van der Waals surface area (Å²) in [5.74, 6) is -2.04. The molecule has 2 aromatic rings. The average molecular weight is 591 g/mol. The second kappa shape index (κ2) is 14.3. The SMILES string of the molecule is CCOc1ccc(C(C)c2cc([C@@H]3O[C@H](COC(C)=O)[C@@H](OC(C)=O)[C@H](OC(C)=O)[C@H]3OC(C)=O)ccc2Cl)cc1. The Morgan fingerprint density at radius 2 is 1.41 bits per heavy atom. The van der Waals surface area contributed by atoms with E-state index < -0.39 is 54.4 Å². The minimum atomic E-state index is -1.26. The molecule has 0 radical (unpaired) electrons. The molecule has 222 valence electrons. The van der Waals surface area contributed by atoms with Gasteiger partial charge in [-0.05, 0) is 41.8 Å². The van der Waals surface area contributed by atoms with Crippen LogP contribution in [-0.4, -0.2) is 61.5 Å². The fraction of sp³-hybridized carbons (Fsp3) is 0.467. The third kappa shape index (κ3) is 8.43. The molecule has 1 fully saturated rings. The van der Waals surface area contributed by atoms with E-state index in [1.54, 1.807) is 12.1 Å². The smallest absolute Gasteiger partial charge is 0.303 e. The van der Waals surface area contributed by atoms with Crippen LogP contribution in [0.4, 0.5) is 0 Å². The highest BCUT2D eigenvalue weighted by atomic mass is 35.5. The van der Waals surface area contributed by atoms with Crippen molar-refractivity contribution in [2.75, 3.05) is 13.2 Å². The van der Waals surface area contributed by atoms with Crippen LogP contribution in [0.5, 0.6) is 5.75 Å². The van der Waals surface area contributed by atoms with Crippen molar-refractivity contribution in [3.63, 3.8) is 0 Å². The Kier molecular flexibility index (Phi) is 11.1. The first-order valence-corrected chi connectivity index (χ1v) is 13.6. The zero-order valence-electron chi connectivity index (χ0n) is 23.9. The lowest BCUT2D eigenvalue weighted by atomic mass is 9.87. The minimum Gasteiger partial charge on any atom is -0.494 e. The van der Waals surface area contributed by atoms with E-state index in [2.05, 4.69) is 0 Å². The lowest BCUT2D eigenvalue weighted by Crippen LogP contribution is -2.59. The number of halogens is 1. The van der Waals surface area contributed by atoms with Crippen LogP contribution < -0.4 is 4.74 Å². The maximum absolute atomic E-state index is 12.2. The third-order valence-electron chi connectivity index (χ3n) is 6.50. The summed E-state index contributed by atoms with van der Waals surface area (Å²) in [5.41, 5.74) is 2.30. The molecule has 0 aromatic heterocycles. The van der Waals surface area contributed by atoms with Crippen molar-refractivity contribution >= 4 is 35.5 Å². The van der Waals surface area contributed by atoms with Crippen molar-refractivity contribution in [2.24, 2.45) is 0 Å². The van der Waals surface area contributed by atoms with Crippen molar-refractivity contribution < 1.29 is 47.6 Å². The van der Waals surface area contributed by atoms with Gasteiger partial charge in [-0.2, -0.15) is 0 Å². The summed E-state index contributed by atoms with van der Waals surface area (Å²) < 4.78 is 33.7. The highest BCUT2D eigenvalue weighted by molar-refractivity contribution is 6.31. The van der Waals surface area contributed by atoms with Gasteiger partial charge in [0, 0.05) is 38.6 Å². The molecule has 2 aromatic carbocycles. The number of carbonyl (C=O) groups is 4. The first-order chi connectivity index (χ1) is 19.4. The summed E-state index contributed by atoms with van der Waals surface area (Å²) in [6.07, 6.45) is -5.75. The Balaban J connectivity index is 2.08. The van der Waals surface area contributed by atoms with Crippen LogP contribution in [0.1, 0.15) is 70.3 Å². The van der Waals surface area contributed by atoms with Crippen LogP contribution in [0.25, 0.3) is 0 Å². The van der Waals surface area contributed by atoms with Gasteiger partial charge < -0.3 is 28.4 Å². The van der Waals surface area contributed by atoms with Crippen LogP contribution in [-0.2, 0) is 42.9 Å². The summed E-state index contributed by atoms with van der Waals surface area (Å²) in [6.45, 7) is 8.93. The molecule has 6 atom stereocenters. The van der Waals surface area contributed by atoms with Gasteiger partial charge in [-0.15, -0.1) is 0 Å². The van der Waals surface area contributed by atoms with Crippen LogP contribution >= 0.6 is 11.6 Å². The molecule has 1 aliphatic rings. The van der Waals surface area contributed by atoms with Gasteiger partial charge in [-0.1, -0.05) is 42.8 Å². The molecule has 1 unspecified atom stereocenters. The average Bonchev–Trinajstić information content (AvgIpc) is 2.90. The molecule has 0 amide bonds. The topological polar surface area (TPSA) is 124 Å². The summed E-state index contributed by atoms with van der Waals surface area (Å²) in [4.78, 5) is 48.0. The van der Waals surface area contributed by atoms with Crippen LogP contribution in [0.2, 0.25) is 5.02 Å². The molecule has 0 saturated carbocycles. The summed E-state index contributed by atoms with van der Waals surface area (Å²) >= 11 is 6.64. The number of rotatable bonds is 10. The summed E-state index contributed by atoms with van der Waals surface area (Å²) in [7, 11) is 0. The lowest BCUT2D eigenvalue weighted by molar-refractivity contribution is -0.254. The van der Waals surface area contributed by atoms with Gasteiger partial charge in [0.1, 0.15) is 24.6 Å². The molecule has 0 spiro atoms. The molecular formula is C30H35ClO10. The van der Waals surface area contributed by atoms with Crippen molar-refractivity contribution in [2.45, 2.75) is 78.0 Å². The number of benzene rings is 2. The van der Waals surface area contributed by atoms with Crippen LogP contribution in [0.15, 0.2) is 42.5 Å². The Labute approximate surface area is 244 Å². The number of esters is 4. The maximum atomic E-state index is 12.2. The highest BCUT2D eigenvalue weighted by Gasteiger charge is 2.52. The monoisotopic (exact) mass is 590 g/mol. The lowest BCUT2D eigenvalue weighted by Gasteiger charge is -2.44. The van der Waals surface area contributed by atoms with Crippen molar-refractivity contribution in [3.8, 4) is 5.75 Å². The van der Waals surface area contributed by atoms with E-state index in [1.165, 1.54) is 27.7 Å². The molecule has 10 nitrogen and oxygen atoms in total. The van der Waals surface area contributed by atoms with Crippen LogP contribution in [0.3, 0.4) is 0 Å². The zero-order chi connectivity index (χ0) is 30.3.